The standard InChI is InChI=1S/C15H12N2OS2/c1-10-7-8-19-13(10)14(18)17-15-16-9-12(20-15)11-5-3-2-4-6-11/h2-9H,1H3,(H,16,17,18). The van der Waals surface area contributed by atoms with Gasteiger partial charge in [-0.25, -0.2) is 4.98 Å². The van der Waals surface area contributed by atoms with Crippen molar-refractivity contribution < 1.29 is 4.79 Å². The fraction of sp³-hybridized carbons (Fsp3) is 0.0667. The summed E-state index contributed by atoms with van der Waals surface area (Å²) in [7, 11) is 0. The minimum absolute atomic E-state index is 0.0912. The number of rotatable bonds is 3. The number of carbonyl (C=O) groups is 1. The van der Waals surface area contributed by atoms with Crippen LogP contribution in [-0.2, 0) is 0 Å². The van der Waals surface area contributed by atoms with Crippen molar-refractivity contribution in [1.29, 1.82) is 0 Å². The first kappa shape index (κ1) is 13.0. The average molecular weight is 300 g/mol. The van der Waals surface area contributed by atoms with Crippen molar-refractivity contribution in [2.45, 2.75) is 6.92 Å². The molecule has 5 heteroatoms. The Morgan fingerprint density at radius 2 is 2.00 bits per heavy atom. The van der Waals surface area contributed by atoms with Gasteiger partial charge in [-0.15, -0.1) is 11.3 Å². The molecular weight excluding hydrogens is 288 g/mol. The summed E-state index contributed by atoms with van der Waals surface area (Å²) >= 11 is 2.92. The number of hydrogen-bond acceptors (Lipinski definition) is 4. The van der Waals surface area contributed by atoms with Crippen LogP contribution in [0.3, 0.4) is 0 Å². The zero-order valence-electron chi connectivity index (χ0n) is 10.8. The maximum atomic E-state index is 12.1. The van der Waals surface area contributed by atoms with Crippen LogP contribution in [0.2, 0.25) is 0 Å². The second-order valence-corrected chi connectivity index (χ2v) is 6.23. The second-order valence-electron chi connectivity index (χ2n) is 4.28. The number of carbonyl (C=O) groups excluding carboxylic acids is 1. The summed E-state index contributed by atoms with van der Waals surface area (Å²) in [5, 5.41) is 5.40. The van der Waals surface area contributed by atoms with Gasteiger partial charge in [0.2, 0.25) is 0 Å². The molecule has 3 nitrogen and oxygen atoms in total. The van der Waals surface area contributed by atoms with Crippen LogP contribution < -0.4 is 5.32 Å². The number of aryl methyl sites for hydroxylation is 1. The Morgan fingerprint density at radius 1 is 1.20 bits per heavy atom. The van der Waals surface area contributed by atoms with E-state index in [1.54, 1.807) is 6.20 Å². The number of thiazole rings is 1. The Bertz CT molecular complexity index is 731. The summed E-state index contributed by atoms with van der Waals surface area (Å²) in [5.74, 6) is -0.0912. The lowest BCUT2D eigenvalue weighted by molar-refractivity contribution is 0.103. The van der Waals surface area contributed by atoms with Gasteiger partial charge in [-0.1, -0.05) is 41.7 Å². The van der Waals surface area contributed by atoms with Gasteiger partial charge in [-0.2, -0.15) is 0 Å². The molecule has 2 aromatic heterocycles. The van der Waals surface area contributed by atoms with E-state index in [1.807, 2.05) is 48.7 Å². The van der Waals surface area contributed by atoms with E-state index >= 15 is 0 Å². The Labute approximate surface area is 124 Å². The molecule has 0 saturated carbocycles. The van der Waals surface area contributed by atoms with Gasteiger partial charge in [0.1, 0.15) is 0 Å². The van der Waals surface area contributed by atoms with Crippen molar-refractivity contribution in [2.75, 3.05) is 5.32 Å². The van der Waals surface area contributed by atoms with Crippen LogP contribution in [-0.4, -0.2) is 10.9 Å². The number of anilines is 1. The maximum Gasteiger partial charge on any atom is 0.267 e. The molecule has 0 unspecified atom stereocenters. The number of benzene rings is 1. The SMILES string of the molecule is Cc1ccsc1C(=O)Nc1ncc(-c2ccccc2)s1. The molecule has 0 aliphatic heterocycles. The lowest BCUT2D eigenvalue weighted by Gasteiger charge is -1.99. The molecule has 0 spiro atoms. The lowest BCUT2D eigenvalue weighted by atomic mass is 10.2. The van der Waals surface area contributed by atoms with Crippen LogP contribution in [0, 0.1) is 6.92 Å². The molecule has 2 heterocycles. The third-order valence-electron chi connectivity index (χ3n) is 2.85. The van der Waals surface area contributed by atoms with Crippen LogP contribution in [0.5, 0.6) is 0 Å². The summed E-state index contributed by atoms with van der Waals surface area (Å²) in [6.07, 6.45) is 1.79. The summed E-state index contributed by atoms with van der Waals surface area (Å²) in [4.78, 5) is 18.2. The summed E-state index contributed by atoms with van der Waals surface area (Å²) in [5.41, 5.74) is 2.10. The number of hydrogen-bond donors (Lipinski definition) is 1. The summed E-state index contributed by atoms with van der Waals surface area (Å²) in [6.45, 7) is 1.93. The molecule has 3 aromatic rings. The Balaban J connectivity index is 1.78. The van der Waals surface area contributed by atoms with Crippen molar-refractivity contribution in [3.05, 3.63) is 58.4 Å². The quantitative estimate of drug-likeness (QED) is 0.777. The van der Waals surface area contributed by atoms with Gasteiger partial charge in [0.05, 0.1) is 9.75 Å². The molecule has 3 rings (SSSR count). The molecule has 0 atom stereocenters. The monoisotopic (exact) mass is 300 g/mol. The maximum absolute atomic E-state index is 12.1. The molecule has 1 aromatic carbocycles. The molecule has 0 aliphatic carbocycles. The van der Waals surface area contributed by atoms with Crippen molar-refractivity contribution in [1.82, 2.24) is 4.98 Å². The Hall–Kier alpha value is -1.98. The van der Waals surface area contributed by atoms with Crippen LogP contribution in [0.1, 0.15) is 15.2 Å². The minimum atomic E-state index is -0.0912. The first-order valence-electron chi connectivity index (χ1n) is 6.11. The van der Waals surface area contributed by atoms with Crippen LogP contribution >= 0.6 is 22.7 Å². The molecule has 1 amide bonds. The zero-order valence-corrected chi connectivity index (χ0v) is 12.4. The number of nitrogens with one attached hydrogen (secondary N) is 1. The number of aromatic nitrogens is 1. The largest absolute Gasteiger partial charge is 0.297 e. The van der Waals surface area contributed by atoms with Crippen LogP contribution in [0.4, 0.5) is 5.13 Å². The van der Waals surface area contributed by atoms with Crippen LogP contribution in [0.25, 0.3) is 10.4 Å². The predicted octanol–water partition coefficient (Wildman–Crippen LogP) is 4.43. The summed E-state index contributed by atoms with van der Waals surface area (Å²) in [6, 6.07) is 12.0. The fourth-order valence-corrected chi connectivity index (χ4v) is 3.46. The molecule has 0 bridgehead atoms. The number of amides is 1. The molecule has 20 heavy (non-hydrogen) atoms. The normalized spacial score (nSPS) is 10.4. The topological polar surface area (TPSA) is 42.0 Å². The highest BCUT2D eigenvalue weighted by molar-refractivity contribution is 7.19. The molecular formula is C15H12N2OS2. The molecule has 0 radical (unpaired) electrons. The highest BCUT2D eigenvalue weighted by Crippen LogP contribution is 2.29. The van der Waals surface area contributed by atoms with Gasteiger partial charge in [0.25, 0.3) is 5.91 Å². The Kier molecular flexibility index (Phi) is 3.62. The average Bonchev–Trinajstić information content (AvgIpc) is 3.09. The third-order valence-corrected chi connectivity index (χ3v) is 4.83. The van der Waals surface area contributed by atoms with Gasteiger partial charge in [0, 0.05) is 6.20 Å². The predicted molar refractivity (Wildman–Crippen MR) is 84.6 cm³/mol. The van der Waals surface area contributed by atoms with E-state index in [1.165, 1.54) is 22.7 Å². The minimum Gasteiger partial charge on any atom is -0.297 e. The van der Waals surface area contributed by atoms with Gasteiger partial charge >= 0.3 is 0 Å². The van der Waals surface area contributed by atoms with E-state index in [-0.39, 0.29) is 5.91 Å². The van der Waals surface area contributed by atoms with E-state index in [4.69, 9.17) is 0 Å². The molecule has 1 N–H and O–H groups in total. The second kappa shape index (κ2) is 5.56. The fourth-order valence-electron chi connectivity index (χ4n) is 1.83. The summed E-state index contributed by atoms with van der Waals surface area (Å²) < 4.78 is 0. The third kappa shape index (κ3) is 2.64. The molecule has 0 fully saturated rings. The van der Waals surface area contributed by atoms with Gasteiger partial charge in [-0.05, 0) is 29.5 Å². The molecule has 100 valence electrons. The number of thiophene rings is 1. The van der Waals surface area contributed by atoms with Crippen molar-refractivity contribution in [3.63, 3.8) is 0 Å². The molecule has 0 aliphatic rings. The van der Waals surface area contributed by atoms with Crippen molar-refractivity contribution in [3.8, 4) is 10.4 Å². The first-order valence-corrected chi connectivity index (χ1v) is 7.80. The van der Waals surface area contributed by atoms with E-state index in [0.717, 1.165) is 20.9 Å². The van der Waals surface area contributed by atoms with Gasteiger partial charge in [-0.3, -0.25) is 10.1 Å². The lowest BCUT2D eigenvalue weighted by Crippen LogP contribution is -2.10. The van der Waals surface area contributed by atoms with E-state index in [2.05, 4.69) is 10.3 Å². The van der Waals surface area contributed by atoms with Gasteiger partial charge in [0.15, 0.2) is 5.13 Å². The molecule has 0 saturated heterocycles. The van der Waals surface area contributed by atoms with E-state index in [9.17, 15) is 4.79 Å². The van der Waals surface area contributed by atoms with Crippen molar-refractivity contribution in [2.24, 2.45) is 0 Å². The van der Waals surface area contributed by atoms with Crippen LogP contribution in [0.15, 0.2) is 48.0 Å². The number of nitrogens with zero attached hydrogens (tertiary/aromatic N) is 1. The first-order chi connectivity index (χ1) is 9.74. The van der Waals surface area contributed by atoms with Crippen molar-refractivity contribution >= 4 is 33.7 Å². The Morgan fingerprint density at radius 3 is 2.70 bits per heavy atom. The van der Waals surface area contributed by atoms with E-state index in [0.29, 0.717) is 5.13 Å². The smallest absolute Gasteiger partial charge is 0.267 e. The highest BCUT2D eigenvalue weighted by atomic mass is 32.1. The van der Waals surface area contributed by atoms with Gasteiger partial charge < -0.3 is 0 Å². The zero-order chi connectivity index (χ0) is 13.9. The van der Waals surface area contributed by atoms with E-state index < -0.39 is 0 Å². The highest BCUT2D eigenvalue weighted by Gasteiger charge is 2.12.